The summed E-state index contributed by atoms with van der Waals surface area (Å²) < 4.78 is 42.0. The second-order valence-corrected chi connectivity index (χ2v) is 12.5. The normalized spacial score (nSPS) is 17.3. The second kappa shape index (κ2) is 12.3. The molecule has 1 aromatic carbocycles. The Morgan fingerprint density at radius 2 is 1.61 bits per heavy atom. The molecule has 0 spiro atoms. The van der Waals surface area contributed by atoms with E-state index in [0.29, 0.717) is 62.5 Å². The molecule has 1 amide bonds. The molecule has 3 heterocycles. The molecule has 2 saturated heterocycles. The smallest absolute Gasteiger partial charge is 0.410 e. The Morgan fingerprint density at radius 1 is 0.974 bits per heavy atom. The Bertz CT molecular complexity index is 1150. The highest BCUT2D eigenvalue weighted by molar-refractivity contribution is 7.91. The summed E-state index contributed by atoms with van der Waals surface area (Å²) in [5.41, 5.74) is 0.329. The zero-order chi connectivity index (χ0) is 27.2. The number of morpholine rings is 1. The number of piperazine rings is 1. The summed E-state index contributed by atoms with van der Waals surface area (Å²) in [5, 5.41) is 0. The summed E-state index contributed by atoms with van der Waals surface area (Å²) >= 11 is 0. The van der Waals surface area contributed by atoms with Gasteiger partial charge in [0.25, 0.3) is 0 Å². The average molecular weight is 548 g/mol. The van der Waals surface area contributed by atoms with Gasteiger partial charge in [-0.3, -0.25) is 4.90 Å². The number of amides is 1. The number of nitrogens with zero attached hydrogens (tertiary/aromatic N) is 5. The standard InChI is InChI=1S/C26H37N5O6S/c1-26(2,3)37-25(32)31-10-8-30(9-11-31)24-27-18-22(19-28-24)36-20-21-4-6-23(7-5-21)38(33,34)17-14-29-12-15-35-16-13-29/h4-7,18-19H,8-17,20H2,1-3H3. The summed E-state index contributed by atoms with van der Waals surface area (Å²) in [6, 6.07) is 6.79. The second-order valence-electron chi connectivity index (χ2n) is 10.4. The number of carbonyl (C=O) groups excluding carboxylic acids is 1. The Labute approximate surface area is 224 Å². The van der Waals surface area contributed by atoms with Crippen molar-refractivity contribution in [2.24, 2.45) is 0 Å². The first-order chi connectivity index (χ1) is 18.1. The van der Waals surface area contributed by atoms with E-state index >= 15 is 0 Å². The molecule has 0 bridgehead atoms. The van der Waals surface area contributed by atoms with Crippen LogP contribution in [-0.4, -0.2) is 105 Å². The molecule has 0 unspecified atom stereocenters. The molecular weight excluding hydrogens is 510 g/mol. The molecule has 2 aliphatic rings. The highest BCUT2D eigenvalue weighted by Gasteiger charge is 2.26. The minimum absolute atomic E-state index is 0.0859. The molecule has 2 aromatic rings. The quantitative estimate of drug-likeness (QED) is 0.487. The van der Waals surface area contributed by atoms with Crippen LogP contribution in [0.2, 0.25) is 0 Å². The number of ether oxygens (including phenoxy) is 3. The number of hydrogen-bond donors (Lipinski definition) is 0. The minimum Gasteiger partial charge on any atom is -0.486 e. The zero-order valence-electron chi connectivity index (χ0n) is 22.3. The molecule has 1 aromatic heterocycles. The number of carbonyl (C=O) groups is 1. The van der Waals surface area contributed by atoms with Crippen molar-refractivity contribution < 1.29 is 27.4 Å². The number of anilines is 1. The maximum Gasteiger partial charge on any atom is 0.410 e. The van der Waals surface area contributed by atoms with Gasteiger partial charge in [0.1, 0.15) is 12.2 Å². The first-order valence-electron chi connectivity index (χ1n) is 12.9. The number of rotatable bonds is 8. The Balaban J connectivity index is 1.23. The van der Waals surface area contributed by atoms with E-state index in [1.807, 2.05) is 25.7 Å². The fourth-order valence-corrected chi connectivity index (χ4v) is 5.40. The van der Waals surface area contributed by atoms with Gasteiger partial charge in [-0.1, -0.05) is 12.1 Å². The molecule has 0 saturated carbocycles. The highest BCUT2D eigenvalue weighted by atomic mass is 32.2. The monoisotopic (exact) mass is 547 g/mol. The predicted octanol–water partition coefficient (Wildman–Crippen LogP) is 2.22. The van der Waals surface area contributed by atoms with Crippen LogP contribution in [0.1, 0.15) is 26.3 Å². The Hall–Kier alpha value is -2.96. The molecule has 38 heavy (non-hydrogen) atoms. The van der Waals surface area contributed by atoms with Crippen molar-refractivity contribution in [2.45, 2.75) is 37.9 Å². The van der Waals surface area contributed by atoms with Crippen molar-refractivity contribution in [2.75, 3.05) is 69.7 Å². The van der Waals surface area contributed by atoms with E-state index in [1.165, 1.54) is 0 Å². The van der Waals surface area contributed by atoms with Crippen molar-refractivity contribution in [3.8, 4) is 5.75 Å². The molecule has 208 valence electrons. The zero-order valence-corrected chi connectivity index (χ0v) is 23.2. The summed E-state index contributed by atoms with van der Waals surface area (Å²) in [7, 11) is -3.35. The van der Waals surface area contributed by atoms with Crippen LogP contribution in [0, 0.1) is 0 Å². The largest absolute Gasteiger partial charge is 0.486 e. The van der Waals surface area contributed by atoms with Crippen molar-refractivity contribution in [1.82, 2.24) is 19.8 Å². The van der Waals surface area contributed by atoms with Crippen LogP contribution >= 0.6 is 0 Å². The van der Waals surface area contributed by atoms with Crippen LogP contribution in [0.15, 0.2) is 41.6 Å². The molecule has 0 N–H and O–H groups in total. The van der Waals surface area contributed by atoms with Gasteiger partial charge >= 0.3 is 6.09 Å². The van der Waals surface area contributed by atoms with Gasteiger partial charge in [0.05, 0.1) is 36.3 Å². The van der Waals surface area contributed by atoms with Crippen LogP contribution in [0.5, 0.6) is 5.75 Å². The molecule has 12 heteroatoms. The van der Waals surface area contributed by atoms with E-state index in [-0.39, 0.29) is 18.5 Å². The molecule has 2 fully saturated rings. The lowest BCUT2D eigenvalue weighted by molar-refractivity contribution is 0.0240. The lowest BCUT2D eigenvalue weighted by Crippen LogP contribution is -2.50. The van der Waals surface area contributed by atoms with E-state index in [4.69, 9.17) is 14.2 Å². The lowest BCUT2D eigenvalue weighted by Gasteiger charge is -2.35. The fourth-order valence-electron chi connectivity index (χ4n) is 4.11. The van der Waals surface area contributed by atoms with Gasteiger partial charge in [-0.2, -0.15) is 0 Å². The first kappa shape index (κ1) is 28.1. The third-order valence-corrected chi connectivity index (χ3v) is 8.01. The van der Waals surface area contributed by atoms with Crippen molar-refractivity contribution in [3.63, 3.8) is 0 Å². The molecule has 0 aliphatic carbocycles. The van der Waals surface area contributed by atoms with Gasteiger partial charge in [-0.15, -0.1) is 0 Å². The van der Waals surface area contributed by atoms with Gasteiger partial charge in [0.2, 0.25) is 5.95 Å². The van der Waals surface area contributed by atoms with Crippen LogP contribution in [-0.2, 0) is 25.9 Å². The van der Waals surface area contributed by atoms with Crippen LogP contribution < -0.4 is 9.64 Å². The highest BCUT2D eigenvalue weighted by Crippen LogP contribution is 2.18. The van der Waals surface area contributed by atoms with E-state index in [0.717, 1.165) is 18.7 Å². The molecule has 11 nitrogen and oxygen atoms in total. The summed E-state index contributed by atoms with van der Waals surface area (Å²) in [5.74, 6) is 1.18. The lowest BCUT2D eigenvalue weighted by atomic mass is 10.2. The minimum atomic E-state index is -3.35. The van der Waals surface area contributed by atoms with E-state index < -0.39 is 15.4 Å². The van der Waals surface area contributed by atoms with Gasteiger partial charge in [0, 0.05) is 45.8 Å². The molecule has 4 rings (SSSR count). The Morgan fingerprint density at radius 3 is 2.21 bits per heavy atom. The maximum absolute atomic E-state index is 12.7. The van der Waals surface area contributed by atoms with Crippen LogP contribution in [0.25, 0.3) is 0 Å². The van der Waals surface area contributed by atoms with Crippen LogP contribution in [0.4, 0.5) is 10.7 Å². The van der Waals surface area contributed by atoms with E-state index in [2.05, 4.69) is 14.9 Å². The van der Waals surface area contributed by atoms with Gasteiger partial charge in [0.15, 0.2) is 15.6 Å². The number of aromatic nitrogens is 2. The van der Waals surface area contributed by atoms with Crippen molar-refractivity contribution in [1.29, 1.82) is 0 Å². The summed E-state index contributed by atoms with van der Waals surface area (Å²) in [4.78, 5) is 27.2. The van der Waals surface area contributed by atoms with Crippen molar-refractivity contribution in [3.05, 3.63) is 42.2 Å². The third kappa shape index (κ3) is 8.02. The molecule has 0 radical (unpaired) electrons. The average Bonchev–Trinajstić information content (AvgIpc) is 2.91. The number of hydrogen-bond acceptors (Lipinski definition) is 10. The summed E-state index contributed by atoms with van der Waals surface area (Å²) in [6.07, 6.45) is 2.93. The van der Waals surface area contributed by atoms with Gasteiger partial charge in [-0.05, 0) is 38.5 Å². The third-order valence-electron chi connectivity index (χ3n) is 6.30. The SMILES string of the molecule is CC(C)(C)OC(=O)N1CCN(c2ncc(OCc3ccc(S(=O)(=O)CCN4CCOCC4)cc3)cn2)CC1. The van der Waals surface area contributed by atoms with Gasteiger partial charge < -0.3 is 24.0 Å². The van der Waals surface area contributed by atoms with E-state index in [9.17, 15) is 13.2 Å². The number of sulfone groups is 1. The Kier molecular flexibility index (Phi) is 9.06. The molecule has 0 atom stereocenters. The van der Waals surface area contributed by atoms with E-state index in [1.54, 1.807) is 41.6 Å². The van der Waals surface area contributed by atoms with Crippen molar-refractivity contribution >= 4 is 21.9 Å². The number of benzene rings is 1. The first-order valence-corrected chi connectivity index (χ1v) is 14.5. The topological polar surface area (TPSA) is 114 Å². The fraction of sp³-hybridized carbons (Fsp3) is 0.577. The maximum atomic E-state index is 12.7. The summed E-state index contributed by atoms with van der Waals surface area (Å²) in [6.45, 7) is 11.5. The van der Waals surface area contributed by atoms with Gasteiger partial charge in [-0.25, -0.2) is 23.2 Å². The molecule has 2 aliphatic heterocycles. The molecular formula is C26H37N5O6S. The van der Waals surface area contributed by atoms with Crippen LogP contribution in [0.3, 0.4) is 0 Å². The predicted molar refractivity (Wildman–Crippen MR) is 142 cm³/mol.